The standard InChI is InChI=1S/C26H24F3N5O2/c1-31-12-11-21(30)19-13-18(8-9-20(19)26(27,28)29)25(36)33-24-23(17-5-3-2-4-6-17)32-22-10-7-16(15-35)14-34(22)24/h2-14,21,31,35H,15,30H2,1H3,(H,33,36)/b12-11-. The first-order valence-electron chi connectivity index (χ1n) is 11.0. The van der Waals surface area contributed by atoms with E-state index in [-0.39, 0.29) is 17.7 Å². The highest BCUT2D eigenvalue weighted by Crippen LogP contribution is 2.35. The normalized spacial score (nSPS) is 12.7. The van der Waals surface area contributed by atoms with Crippen LogP contribution in [0.25, 0.3) is 16.9 Å². The zero-order valence-electron chi connectivity index (χ0n) is 19.3. The molecule has 0 fully saturated rings. The molecule has 5 N–H and O–H groups in total. The van der Waals surface area contributed by atoms with Gasteiger partial charge in [0, 0.05) is 24.4 Å². The minimum absolute atomic E-state index is 0.00131. The highest BCUT2D eigenvalue weighted by molar-refractivity contribution is 6.06. The Kier molecular flexibility index (Phi) is 7.09. The van der Waals surface area contributed by atoms with Crippen LogP contribution in [0.1, 0.15) is 33.1 Å². The lowest BCUT2D eigenvalue weighted by Crippen LogP contribution is -2.20. The van der Waals surface area contributed by atoms with Crippen molar-refractivity contribution in [1.82, 2.24) is 14.7 Å². The lowest BCUT2D eigenvalue weighted by molar-refractivity contribution is -0.138. The van der Waals surface area contributed by atoms with Gasteiger partial charge in [-0.25, -0.2) is 4.98 Å². The van der Waals surface area contributed by atoms with Gasteiger partial charge in [-0.2, -0.15) is 13.2 Å². The molecule has 1 unspecified atom stereocenters. The number of hydrogen-bond acceptors (Lipinski definition) is 5. The van der Waals surface area contributed by atoms with Crippen LogP contribution in [0.5, 0.6) is 0 Å². The van der Waals surface area contributed by atoms with Gasteiger partial charge in [0.2, 0.25) is 0 Å². The number of carbonyl (C=O) groups excluding carboxylic acids is 1. The van der Waals surface area contributed by atoms with Gasteiger partial charge in [0.05, 0.1) is 18.2 Å². The van der Waals surface area contributed by atoms with E-state index in [0.717, 1.165) is 23.8 Å². The van der Waals surface area contributed by atoms with Crippen LogP contribution in [0.15, 0.2) is 79.1 Å². The molecule has 36 heavy (non-hydrogen) atoms. The summed E-state index contributed by atoms with van der Waals surface area (Å²) in [5.74, 6) is -0.319. The van der Waals surface area contributed by atoms with E-state index in [9.17, 15) is 23.1 Å². The number of pyridine rings is 1. The second kappa shape index (κ2) is 10.2. The molecule has 1 amide bonds. The Labute approximate surface area is 205 Å². The molecule has 0 aliphatic rings. The number of aliphatic hydroxyl groups excluding tert-OH is 1. The van der Waals surface area contributed by atoms with E-state index >= 15 is 0 Å². The summed E-state index contributed by atoms with van der Waals surface area (Å²) >= 11 is 0. The monoisotopic (exact) mass is 495 g/mol. The van der Waals surface area contributed by atoms with Crippen LogP contribution >= 0.6 is 0 Å². The van der Waals surface area contributed by atoms with E-state index in [1.54, 1.807) is 29.8 Å². The van der Waals surface area contributed by atoms with Gasteiger partial charge in [-0.3, -0.25) is 9.20 Å². The SMILES string of the molecule is CN/C=C\C(N)c1cc(C(=O)Nc2c(-c3ccccc3)nc3ccc(CO)cn23)ccc1C(F)(F)F. The van der Waals surface area contributed by atoms with Crippen molar-refractivity contribution in [3.8, 4) is 11.3 Å². The smallest absolute Gasteiger partial charge is 0.394 e. The number of aliphatic hydroxyl groups is 1. The predicted molar refractivity (Wildman–Crippen MR) is 131 cm³/mol. The average molecular weight is 496 g/mol. The lowest BCUT2D eigenvalue weighted by atomic mass is 9.97. The molecule has 1 atom stereocenters. The van der Waals surface area contributed by atoms with Crippen molar-refractivity contribution in [2.75, 3.05) is 12.4 Å². The largest absolute Gasteiger partial charge is 0.416 e. The number of amides is 1. The molecule has 0 saturated heterocycles. The van der Waals surface area contributed by atoms with Gasteiger partial charge in [-0.1, -0.05) is 36.4 Å². The molecule has 2 aromatic carbocycles. The number of nitrogens with one attached hydrogen (secondary N) is 2. The highest BCUT2D eigenvalue weighted by Gasteiger charge is 2.35. The maximum atomic E-state index is 13.6. The van der Waals surface area contributed by atoms with Crippen LogP contribution in [0.4, 0.5) is 19.0 Å². The Morgan fingerprint density at radius 1 is 1.17 bits per heavy atom. The molecule has 2 heterocycles. The summed E-state index contributed by atoms with van der Waals surface area (Å²) in [7, 11) is 1.60. The number of hydrogen-bond donors (Lipinski definition) is 4. The van der Waals surface area contributed by atoms with Crippen molar-refractivity contribution >= 4 is 17.4 Å². The molecule has 0 aliphatic carbocycles. The molecule has 7 nitrogen and oxygen atoms in total. The first kappa shape index (κ1) is 25.0. The molecule has 0 radical (unpaired) electrons. The lowest BCUT2D eigenvalue weighted by Gasteiger charge is -2.17. The van der Waals surface area contributed by atoms with Gasteiger partial charge < -0.3 is 21.5 Å². The molecule has 0 bridgehead atoms. The van der Waals surface area contributed by atoms with Gasteiger partial charge in [-0.05, 0) is 47.7 Å². The fourth-order valence-electron chi connectivity index (χ4n) is 3.82. The van der Waals surface area contributed by atoms with Gasteiger partial charge in [-0.15, -0.1) is 0 Å². The third kappa shape index (κ3) is 5.09. The number of carbonyl (C=O) groups is 1. The minimum atomic E-state index is -4.64. The first-order chi connectivity index (χ1) is 17.2. The molecule has 0 aliphatic heterocycles. The second-order valence-electron chi connectivity index (χ2n) is 8.03. The number of nitrogens with two attached hydrogens (primary N) is 1. The summed E-state index contributed by atoms with van der Waals surface area (Å²) in [6, 6.07) is 14.6. The topological polar surface area (TPSA) is 105 Å². The van der Waals surface area contributed by atoms with E-state index in [1.165, 1.54) is 12.3 Å². The van der Waals surface area contributed by atoms with E-state index in [0.29, 0.717) is 22.7 Å². The highest BCUT2D eigenvalue weighted by atomic mass is 19.4. The number of imidazole rings is 1. The van der Waals surface area contributed by atoms with E-state index in [2.05, 4.69) is 15.6 Å². The first-order valence-corrected chi connectivity index (χ1v) is 11.0. The maximum Gasteiger partial charge on any atom is 0.416 e. The van der Waals surface area contributed by atoms with Gasteiger partial charge in [0.25, 0.3) is 5.91 Å². The number of fused-ring (bicyclic) bond motifs is 1. The Balaban J connectivity index is 1.79. The van der Waals surface area contributed by atoms with E-state index in [1.807, 2.05) is 30.3 Å². The van der Waals surface area contributed by atoms with Crippen molar-refractivity contribution in [2.24, 2.45) is 5.73 Å². The Bertz CT molecular complexity index is 1410. The van der Waals surface area contributed by atoms with Crippen LogP contribution in [0, 0.1) is 0 Å². The fraction of sp³-hybridized carbons (Fsp3) is 0.154. The summed E-state index contributed by atoms with van der Waals surface area (Å²) in [6.45, 7) is -0.220. The third-order valence-corrected chi connectivity index (χ3v) is 5.59. The van der Waals surface area contributed by atoms with E-state index < -0.39 is 23.7 Å². The van der Waals surface area contributed by atoms with Crippen molar-refractivity contribution in [1.29, 1.82) is 0 Å². The van der Waals surface area contributed by atoms with Gasteiger partial charge >= 0.3 is 6.18 Å². The number of anilines is 1. The Morgan fingerprint density at radius 3 is 2.58 bits per heavy atom. The van der Waals surface area contributed by atoms with E-state index in [4.69, 9.17) is 5.73 Å². The molecule has 0 spiro atoms. The average Bonchev–Trinajstić information content (AvgIpc) is 3.24. The van der Waals surface area contributed by atoms with Crippen LogP contribution in [-0.2, 0) is 12.8 Å². The van der Waals surface area contributed by atoms with Crippen LogP contribution in [0.2, 0.25) is 0 Å². The van der Waals surface area contributed by atoms with Crippen LogP contribution < -0.4 is 16.4 Å². The molecule has 2 aromatic heterocycles. The summed E-state index contributed by atoms with van der Waals surface area (Å²) in [4.78, 5) is 17.9. The molecular weight excluding hydrogens is 471 g/mol. The van der Waals surface area contributed by atoms with Crippen LogP contribution in [-0.4, -0.2) is 27.4 Å². The summed E-state index contributed by atoms with van der Waals surface area (Å²) in [5.41, 5.74) is 7.16. The van der Waals surface area contributed by atoms with Crippen molar-refractivity contribution < 1.29 is 23.1 Å². The number of benzene rings is 2. The molecule has 186 valence electrons. The summed E-state index contributed by atoms with van der Waals surface area (Å²) in [6.07, 6.45) is -0.194. The quantitative estimate of drug-likeness (QED) is 0.302. The molecule has 4 rings (SSSR count). The molecule has 0 saturated carbocycles. The summed E-state index contributed by atoms with van der Waals surface area (Å²) < 4.78 is 42.5. The number of rotatable bonds is 7. The molecule has 10 heteroatoms. The summed E-state index contributed by atoms with van der Waals surface area (Å²) in [5, 5.41) is 15.1. The second-order valence-corrected chi connectivity index (χ2v) is 8.03. The predicted octanol–water partition coefficient (Wildman–Crippen LogP) is 4.50. The number of aromatic nitrogens is 2. The Hall–Kier alpha value is -4.15. The minimum Gasteiger partial charge on any atom is -0.394 e. The zero-order chi connectivity index (χ0) is 25.9. The zero-order valence-corrected chi connectivity index (χ0v) is 19.3. The molecular formula is C26H24F3N5O2. The maximum absolute atomic E-state index is 13.6. The van der Waals surface area contributed by atoms with Crippen molar-refractivity contribution in [2.45, 2.75) is 18.8 Å². The molecule has 4 aromatic rings. The van der Waals surface area contributed by atoms with Crippen molar-refractivity contribution in [3.05, 3.63) is 101 Å². The fourth-order valence-corrected chi connectivity index (χ4v) is 3.82. The number of nitrogens with zero attached hydrogens (tertiary/aromatic N) is 2. The Morgan fingerprint density at radius 2 is 1.92 bits per heavy atom. The third-order valence-electron chi connectivity index (χ3n) is 5.59. The number of halogens is 3. The van der Waals surface area contributed by atoms with Gasteiger partial charge in [0.1, 0.15) is 17.2 Å². The van der Waals surface area contributed by atoms with Crippen molar-refractivity contribution in [3.63, 3.8) is 0 Å². The van der Waals surface area contributed by atoms with Crippen LogP contribution in [0.3, 0.4) is 0 Å². The number of alkyl halides is 3. The van der Waals surface area contributed by atoms with Gasteiger partial charge in [0.15, 0.2) is 0 Å².